The highest BCUT2D eigenvalue weighted by atomic mass is 16.5. The van der Waals surface area contributed by atoms with E-state index in [0.29, 0.717) is 6.54 Å². The minimum absolute atomic E-state index is 0.0225. The quantitative estimate of drug-likeness (QED) is 0.424. The maximum atomic E-state index is 11.5. The lowest BCUT2D eigenvalue weighted by molar-refractivity contribution is -0.145. The van der Waals surface area contributed by atoms with Gasteiger partial charge in [0.05, 0.1) is 7.11 Å². The van der Waals surface area contributed by atoms with Crippen molar-refractivity contribution >= 4 is 11.8 Å². The van der Waals surface area contributed by atoms with E-state index in [4.69, 9.17) is 0 Å². The van der Waals surface area contributed by atoms with Crippen molar-refractivity contribution in [3.8, 4) is 0 Å². The molecule has 2 rings (SSSR count). The summed E-state index contributed by atoms with van der Waals surface area (Å²) in [6, 6.07) is -0.697. The molecule has 0 aromatic heterocycles. The van der Waals surface area contributed by atoms with Crippen LogP contribution < -0.4 is 5.32 Å². The molecule has 66 valence electrons. The molecule has 1 unspecified atom stereocenters. The van der Waals surface area contributed by atoms with E-state index in [9.17, 15) is 9.59 Å². The highest BCUT2D eigenvalue weighted by Gasteiger charge is 2.58. The van der Waals surface area contributed by atoms with Crippen molar-refractivity contribution in [1.82, 2.24) is 5.32 Å². The molecule has 1 saturated heterocycles. The molecular formula is C8H11NO3. The van der Waals surface area contributed by atoms with Crippen LogP contribution >= 0.6 is 0 Å². The Bertz CT molecular complexity index is 245. The Kier molecular flexibility index (Phi) is 1.48. The molecule has 12 heavy (non-hydrogen) atoms. The van der Waals surface area contributed by atoms with E-state index in [1.54, 1.807) is 0 Å². The van der Waals surface area contributed by atoms with E-state index >= 15 is 0 Å². The molecule has 1 aliphatic heterocycles. The lowest BCUT2D eigenvalue weighted by Gasteiger charge is -2.05. The Balaban J connectivity index is 2.11. The minimum Gasteiger partial charge on any atom is -0.468 e. The van der Waals surface area contributed by atoms with Crippen LogP contribution in [0.25, 0.3) is 0 Å². The molecule has 1 N–H and O–H groups in total. The molecule has 0 aromatic carbocycles. The molecule has 0 radical (unpaired) electrons. The van der Waals surface area contributed by atoms with Crippen molar-refractivity contribution in [2.75, 3.05) is 13.7 Å². The van der Waals surface area contributed by atoms with Crippen LogP contribution in [0, 0.1) is 5.41 Å². The van der Waals surface area contributed by atoms with Gasteiger partial charge in [0.25, 0.3) is 0 Å². The van der Waals surface area contributed by atoms with Crippen LogP contribution in [0.15, 0.2) is 0 Å². The zero-order valence-corrected chi connectivity index (χ0v) is 6.92. The van der Waals surface area contributed by atoms with Crippen LogP contribution in [0.1, 0.15) is 12.8 Å². The summed E-state index contributed by atoms with van der Waals surface area (Å²) in [6.45, 7) is 0.644. The third-order valence-corrected chi connectivity index (χ3v) is 2.72. The predicted molar refractivity (Wildman–Crippen MR) is 40.5 cm³/mol. The number of rotatable bonds is 1. The van der Waals surface area contributed by atoms with E-state index in [2.05, 4.69) is 10.1 Å². The van der Waals surface area contributed by atoms with Gasteiger partial charge >= 0.3 is 5.97 Å². The van der Waals surface area contributed by atoms with Gasteiger partial charge in [-0.3, -0.25) is 10.1 Å². The average Bonchev–Trinajstić information content (AvgIpc) is 2.78. The first-order valence-electron chi connectivity index (χ1n) is 4.05. The fourth-order valence-electron chi connectivity index (χ4n) is 1.67. The summed E-state index contributed by atoms with van der Waals surface area (Å²) in [7, 11) is 1.30. The maximum absolute atomic E-state index is 11.5. The molecule has 4 heteroatoms. The maximum Gasteiger partial charge on any atom is 0.330 e. The normalized spacial score (nSPS) is 30.8. The van der Waals surface area contributed by atoms with Gasteiger partial charge in [-0.1, -0.05) is 0 Å². The molecule has 1 atom stereocenters. The third-order valence-electron chi connectivity index (χ3n) is 2.72. The Morgan fingerprint density at radius 3 is 2.75 bits per heavy atom. The lowest BCUT2D eigenvalue weighted by Crippen LogP contribution is -2.37. The monoisotopic (exact) mass is 169 g/mol. The largest absolute Gasteiger partial charge is 0.468 e. The molecule has 1 aliphatic carbocycles. The van der Waals surface area contributed by atoms with Crippen molar-refractivity contribution in [3.63, 3.8) is 0 Å². The number of esters is 1. The number of Topliss-reactive ketones (excluding diaryl/α,β-unsaturated/α-hetero) is 1. The van der Waals surface area contributed by atoms with Gasteiger partial charge in [-0.2, -0.15) is 0 Å². The fourth-order valence-corrected chi connectivity index (χ4v) is 1.67. The van der Waals surface area contributed by atoms with E-state index in [1.165, 1.54) is 7.11 Å². The molecular weight excluding hydrogens is 158 g/mol. The van der Waals surface area contributed by atoms with Crippen LogP contribution in [-0.2, 0) is 14.3 Å². The standard InChI is InChI=1S/C8H11NO3/c1-12-7(11)5-6(10)8(2-3-8)4-9-5/h5,9H,2-4H2,1H3. The highest BCUT2D eigenvalue weighted by molar-refractivity contribution is 6.08. The van der Waals surface area contributed by atoms with Crippen LogP contribution in [0.3, 0.4) is 0 Å². The topological polar surface area (TPSA) is 55.4 Å². The zero-order valence-electron chi connectivity index (χ0n) is 6.92. The number of hydrogen-bond acceptors (Lipinski definition) is 4. The Hall–Kier alpha value is -0.900. The SMILES string of the molecule is COC(=O)C1NCC2(CC2)C1=O. The molecule has 0 bridgehead atoms. The molecule has 0 amide bonds. The summed E-state index contributed by atoms with van der Waals surface area (Å²) in [6.07, 6.45) is 1.85. The lowest BCUT2D eigenvalue weighted by atomic mass is 10.0. The van der Waals surface area contributed by atoms with Gasteiger partial charge in [-0.25, -0.2) is 4.79 Å². The summed E-state index contributed by atoms with van der Waals surface area (Å²) in [5, 5.41) is 2.89. The summed E-state index contributed by atoms with van der Waals surface area (Å²) in [4.78, 5) is 22.6. The number of hydrogen-bond donors (Lipinski definition) is 1. The predicted octanol–water partition coefficient (Wildman–Crippen LogP) is -0.520. The van der Waals surface area contributed by atoms with Gasteiger partial charge in [0.1, 0.15) is 0 Å². The fraction of sp³-hybridized carbons (Fsp3) is 0.750. The minimum atomic E-state index is -0.697. The van der Waals surface area contributed by atoms with Crippen LogP contribution in [0.4, 0.5) is 0 Å². The number of ether oxygens (including phenoxy) is 1. The molecule has 1 heterocycles. The molecule has 4 nitrogen and oxygen atoms in total. The Labute approximate surface area is 70.3 Å². The number of nitrogens with one attached hydrogen (secondary N) is 1. The van der Waals surface area contributed by atoms with E-state index in [0.717, 1.165) is 12.8 Å². The van der Waals surface area contributed by atoms with Gasteiger partial charge in [0.15, 0.2) is 11.8 Å². The summed E-state index contributed by atoms with van der Waals surface area (Å²) >= 11 is 0. The Morgan fingerprint density at radius 2 is 2.33 bits per heavy atom. The van der Waals surface area contributed by atoms with Gasteiger partial charge in [-0.15, -0.1) is 0 Å². The first-order chi connectivity index (χ1) is 5.69. The first kappa shape index (κ1) is 7.73. The van der Waals surface area contributed by atoms with E-state index in [-0.39, 0.29) is 11.2 Å². The number of methoxy groups -OCH3 is 1. The van der Waals surface area contributed by atoms with Gasteiger partial charge in [0.2, 0.25) is 0 Å². The zero-order chi connectivity index (χ0) is 8.77. The van der Waals surface area contributed by atoms with Gasteiger partial charge in [-0.05, 0) is 12.8 Å². The summed E-state index contributed by atoms with van der Waals surface area (Å²) < 4.78 is 4.50. The molecule has 2 aliphatic rings. The first-order valence-corrected chi connectivity index (χ1v) is 4.05. The van der Waals surface area contributed by atoms with E-state index in [1.807, 2.05) is 0 Å². The number of ketones is 1. The summed E-state index contributed by atoms with van der Waals surface area (Å²) in [5.74, 6) is -0.432. The van der Waals surface area contributed by atoms with Crippen LogP contribution in [0.5, 0.6) is 0 Å². The van der Waals surface area contributed by atoms with Crippen molar-refractivity contribution in [2.24, 2.45) is 5.41 Å². The number of carbonyl (C=O) groups excluding carboxylic acids is 2. The van der Waals surface area contributed by atoms with Gasteiger partial charge < -0.3 is 4.74 Å². The van der Waals surface area contributed by atoms with Crippen molar-refractivity contribution in [3.05, 3.63) is 0 Å². The second-order valence-corrected chi connectivity index (χ2v) is 3.48. The smallest absolute Gasteiger partial charge is 0.330 e. The van der Waals surface area contributed by atoms with Crippen LogP contribution in [-0.4, -0.2) is 31.4 Å². The van der Waals surface area contributed by atoms with Gasteiger partial charge in [0, 0.05) is 12.0 Å². The molecule has 1 saturated carbocycles. The average molecular weight is 169 g/mol. The van der Waals surface area contributed by atoms with Crippen molar-refractivity contribution < 1.29 is 14.3 Å². The molecule has 0 aromatic rings. The number of carbonyl (C=O) groups is 2. The van der Waals surface area contributed by atoms with E-state index < -0.39 is 12.0 Å². The second-order valence-electron chi connectivity index (χ2n) is 3.48. The van der Waals surface area contributed by atoms with Crippen molar-refractivity contribution in [2.45, 2.75) is 18.9 Å². The van der Waals surface area contributed by atoms with Crippen LogP contribution in [0.2, 0.25) is 0 Å². The highest BCUT2D eigenvalue weighted by Crippen LogP contribution is 2.49. The second kappa shape index (κ2) is 2.29. The third kappa shape index (κ3) is 0.876. The van der Waals surface area contributed by atoms with Crippen molar-refractivity contribution in [1.29, 1.82) is 0 Å². The molecule has 1 spiro atoms. The molecule has 2 fully saturated rings. The Morgan fingerprint density at radius 1 is 1.67 bits per heavy atom. The summed E-state index contributed by atoms with van der Waals surface area (Å²) in [5.41, 5.74) is -0.196.